The first-order valence-electron chi connectivity index (χ1n) is 10.3. The second kappa shape index (κ2) is 12.7. The first-order chi connectivity index (χ1) is 14.5. The lowest BCUT2D eigenvalue weighted by molar-refractivity contribution is 0.145. The van der Waals surface area contributed by atoms with Gasteiger partial charge >= 0.3 is 0 Å². The molecule has 0 spiro atoms. The largest absolute Gasteiger partial charge is 0.497 e. The lowest BCUT2D eigenvalue weighted by atomic mass is 10.3. The highest BCUT2D eigenvalue weighted by Crippen LogP contribution is 2.19. The zero-order valence-electron chi connectivity index (χ0n) is 18.6. The quantitative estimate of drug-likeness (QED) is 0.309. The molecule has 0 saturated carbocycles. The highest BCUT2D eigenvalue weighted by atomic mass is 16.5. The van der Waals surface area contributed by atoms with Gasteiger partial charge in [0.15, 0.2) is 11.8 Å². The topological polar surface area (TPSA) is 94.8 Å². The molecule has 0 saturated heterocycles. The molecule has 30 heavy (non-hydrogen) atoms. The van der Waals surface area contributed by atoms with Crippen LogP contribution in [0.25, 0.3) is 0 Å². The van der Waals surface area contributed by atoms with Crippen molar-refractivity contribution in [3.8, 4) is 11.5 Å². The molecule has 0 amide bonds. The Labute approximate surface area is 178 Å². The third kappa shape index (κ3) is 7.90. The van der Waals surface area contributed by atoms with Gasteiger partial charge in [-0.25, -0.2) is 4.99 Å². The van der Waals surface area contributed by atoms with E-state index in [9.17, 15) is 0 Å². The predicted octanol–water partition coefficient (Wildman–Crippen LogP) is 2.06. The molecule has 0 aliphatic rings. The van der Waals surface area contributed by atoms with Crippen LogP contribution in [0.3, 0.4) is 0 Å². The van der Waals surface area contributed by atoms with Crippen molar-refractivity contribution < 1.29 is 14.2 Å². The van der Waals surface area contributed by atoms with Crippen LogP contribution in [0.2, 0.25) is 0 Å². The van der Waals surface area contributed by atoms with Gasteiger partial charge in [-0.15, -0.1) is 10.2 Å². The summed E-state index contributed by atoms with van der Waals surface area (Å²) in [6, 6.07) is 7.58. The van der Waals surface area contributed by atoms with Gasteiger partial charge in [-0.2, -0.15) is 0 Å². The number of aryl methyl sites for hydroxylation is 1. The lowest BCUT2D eigenvalue weighted by Crippen LogP contribution is -2.42. The smallest absolute Gasteiger partial charge is 0.191 e. The van der Waals surface area contributed by atoms with E-state index < -0.39 is 0 Å². The maximum absolute atomic E-state index is 5.98. The van der Waals surface area contributed by atoms with Crippen LogP contribution >= 0.6 is 0 Å². The molecule has 0 radical (unpaired) electrons. The molecular formula is C21H34N6O3. The summed E-state index contributed by atoms with van der Waals surface area (Å²) in [4.78, 5) is 4.65. The van der Waals surface area contributed by atoms with E-state index in [-0.39, 0.29) is 6.10 Å². The van der Waals surface area contributed by atoms with Gasteiger partial charge in [0.05, 0.1) is 13.7 Å². The maximum Gasteiger partial charge on any atom is 0.191 e. The normalized spacial score (nSPS) is 12.5. The molecule has 1 unspecified atom stereocenters. The SMILES string of the molecule is CCOCCCNC(=NCc1nnc(C)n1C)NCC(C)Oc1cccc(OC)c1. The predicted molar refractivity (Wildman–Crippen MR) is 117 cm³/mol. The van der Waals surface area contributed by atoms with E-state index >= 15 is 0 Å². The molecule has 9 heteroatoms. The van der Waals surface area contributed by atoms with Crippen LogP contribution in [0.1, 0.15) is 31.9 Å². The van der Waals surface area contributed by atoms with Crippen LogP contribution in [-0.4, -0.2) is 60.2 Å². The van der Waals surface area contributed by atoms with E-state index in [1.54, 1.807) is 7.11 Å². The fourth-order valence-corrected chi connectivity index (χ4v) is 2.63. The molecule has 0 fully saturated rings. The third-order valence-corrected chi connectivity index (χ3v) is 4.46. The number of benzene rings is 1. The Morgan fingerprint density at radius 1 is 1.23 bits per heavy atom. The number of aromatic nitrogens is 3. The summed E-state index contributed by atoms with van der Waals surface area (Å²) in [6.07, 6.45) is 0.831. The molecule has 1 atom stereocenters. The van der Waals surface area contributed by atoms with E-state index in [0.29, 0.717) is 25.7 Å². The van der Waals surface area contributed by atoms with Crippen molar-refractivity contribution in [2.45, 2.75) is 39.8 Å². The first kappa shape index (κ1) is 23.5. The van der Waals surface area contributed by atoms with Crippen molar-refractivity contribution in [1.82, 2.24) is 25.4 Å². The van der Waals surface area contributed by atoms with Gasteiger partial charge in [0, 0.05) is 32.9 Å². The Morgan fingerprint density at radius 2 is 2.03 bits per heavy atom. The summed E-state index contributed by atoms with van der Waals surface area (Å²) in [5, 5.41) is 14.9. The third-order valence-electron chi connectivity index (χ3n) is 4.46. The molecule has 2 N–H and O–H groups in total. The number of ether oxygens (including phenoxy) is 3. The number of aliphatic imine (C=N–C) groups is 1. The Bertz CT molecular complexity index is 793. The molecule has 166 valence electrons. The summed E-state index contributed by atoms with van der Waals surface area (Å²) >= 11 is 0. The molecule has 0 aliphatic heterocycles. The van der Waals surface area contributed by atoms with Crippen LogP contribution in [0, 0.1) is 6.92 Å². The number of hydrogen-bond acceptors (Lipinski definition) is 6. The Morgan fingerprint density at radius 3 is 2.73 bits per heavy atom. The average Bonchev–Trinajstić information content (AvgIpc) is 3.07. The number of rotatable bonds is 12. The lowest BCUT2D eigenvalue weighted by Gasteiger charge is -2.18. The van der Waals surface area contributed by atoms with Gasteiger partial charge in [-0.1, -0.05) is 6.07 Å². The zero-order chi connectivity index (χ0) is 21.8. The summed E-state index contributed by atoms with van der Waals surface area (Å²) in [7, 11) is 3.58. The van der Waals surface area contributed by atoms with Crippen molar-refractivity contribution >= 4 is 5.96 Å². The van der Waals surface area contributed by atoms with E-state index in [4.69, 9.17) is 14.2 Å². The standard InChI is InChI=1S/C21H34N6O3/c1-6-29-12-8-11-22-21(24-15-20-26-25-17(3)27(20)4)23-14-16(2)30-19-10-7-9-18(13-19)28-5/h7,9-10,13,16H,6,8,11-12,14-15H2,1-5H3,(H2,22,23,24). The molecule has 2 aromatic rings. The van der Waals surface area contributed by atoms with Crippen LogP contribution in [0.4, 0.5) is 0 Å². The van der Waals surface area contributed by atoms with Gasteiger partial charge in [-0.3, -0.25) is 0 Å². The van der Waals surface area contributed by atoms with Gasteiger partial charge in [0.25, 0.3) is 0 Å². The fraction of sp³-hybridized carbons (Fsp3) is 0.571. The Kier molecular flexibility index (Phi) is 9.93. The zero-order valence-corrected chi connectivity index (χ0v) is 18.6. The van der Waals surface area contributed by atoms with E-state index in [1.165, 1.54) is 0 Å². The van der Waals surface area contributed by atoms with E-state index in [1.807, 2.05) is 56.7 Å². The number of nitrogens with one attached hydrogen (secondary N) is 2. The fourth-order valence-electron chi connectivity index (χ4n) is 2.63. The molecule has 0 bridgehead atoms. The van der Waals surface area contributed by atoms with Crippen molar-refractivity contribution in [1.29, 1.82) is 0 Å². The number of hydrogen-bond donors (Lipinski definition) is 2. The number of methoxy groups -OCH3 is 1. The second-order valence-corrected chi connectivity index (χ2v) is 6.85. The number of guanidine groups is 1. The average molecular weight is 419 g/mol. The van der Waals surface area contributed by atoms with Crippen molar-refractivity contribution in [2.75, 3.05) is 33.4 Å². The van der Waals surface area contributed by atoms with Crippen LogP contribution < -0.4 is 20.1 Å². The molecule has 1 heterocycles. The minimum absolute atomic E-state index is 0.0652. The van der Waals surface area contributed by atoms with Gasteiger partial charge in [0.2, 0.25) is 0 Å². The maximum atomic E-state index is 5.98. The van der Waals surface area contributed by atoms with Crippen LogP contribution in [0.15, 0.2) is 29.3 Å². The highest BCUT2D eigenvalue weighted by molar-refractivity contribution is 5.79. The van der Waals surface area contributed by atoms with Gasteiger partial charge in [0.1, 0.15) is 30.0 Å². The second-order valence-electron chi connectivity index (χ2n) is 6.85. The molecule has 1 aromatic heterocycles. The number of nitrogens with zero attached hydrogens (tertiary/aromatic N) is 4. The minimum Gasteiger partial charge on any atom is -0.497 e. The van der Waals surface area contributed by atoms with Gasteiger partial charge < -0.3 is 29.4 Å². The minimum atomic E-state index is -0.0652. The summed E-state index contributed by atoms with van der Waals surface area (Å²) in [5.41, 5.74) is 0. The van der Waals surface area contributed by atoms with Crippen molar-refractivity contribution in [3.63, 3.8) is 0 Å². The monoisotopic (exact) mass is 418 g/mol. The molecule has 0 aliphatic carbocycles. The van der Waals surface area contributed by atoms with Crippen molar-refractivity contribution in [3.05, 3.63) is 35.9 Å². The Balaban J connectivity index is 1.91. The van der Waals surface area contributed by atoms with Crippen molar-refractivity contribution in [2.24, 2.45) is 12.0 Å². The molecule has 1 aromatic carbocycles. The highest BCUT2D eigenvalue weighted by Gasteiger charge is 2.08. The van der Waals surface area contributed by atoms with E-state index in [0.717, 1.165) is 42.7 Å². The summed E-state index contributed by atoms with van der Waals surface area (Å²) < 4.78 is 18.6. The summed E-state index contributed by atoms with van der Waals surface area (Å²) in [6.45, 7) is 9.14. The first-order valence-corrected chi connectivity index (χ1v) is 10.3. The van der Waals surface area contributed by atoms with Crippen LogP contribution in [0.5, 0.6) is 11.5 Å². The molecule has 9 nitrogen and oxygen atoms in total. The van der Waals surface area contributed by atoms with Gasteiger partial charge in [-0.05, 0) is 39.3 Å². The molecular weight excluding hydrogens is 384 g/mol. The molecule has 2 rings (SSSR count). The summed E-state index contributed by atoms with van der Waals surface area (Å²) in [5.74, 6) is 3.91. The van der Waals surface area contributed by atoms with Crippen LogP contribution in [-0.2, 0) is 18.3 Å². The van der Waals surface area contributed by atoms with E-state index in [2.05, 4.69) is 25.8 Å². The Hall–Kier alpha value is -2.81.